The van der Waals surface area contributed by atoms with Gasteiger partial charge in [0.25, 0.3) is 5.56 Å². The molecule has 2 rings (SSSR count). The molecule has 8 heteroatoms. The number of aromatic nitrogens is 3. The molecule has 2 aromatic rings. The second-order valence-corrected chi connectivity index (χ2v) is 3.99. The number of nitrogens with zero attached hydrogens (tertiary/aromatic N) is 2. The summed E-state index contributed by atoms with van der Waals surface area (Å²) in [5.74, 6) is -1.25. The SMILES string of the molecule is CCOC(=O)c1cnn(-c2c[nH]c(=O)c(C(=O)OC)c2)c1. The Kier molecular flexibility index (Phi) is 4.17. The van der Waals surface area contributed by atoms with Crippen molar-refractivity contribution in [2.75, 3.05) is 13.7 Å². The van der Waals surface area contributed by atoms with Crippen LogP contribution in [0.5, 0.6) is 0 Å². The van der Waals surface area contributed by atoms with Gasteiger partial charge in [-0.15, -0.1) is 0 Å². The van der Waals surface area contributed by atoms with Crippen LogP contribution in [0.1, 0.15) is 27.6 Å². The van der Waals surface area contributed by atoms with Crippen LogP contribution in [0.15, 0.2) is 29.5 Å². The summed E-state index contributed by atoms with van der Waals surface area (Å²) < 4.78 is 10.7. The summed E-state index contributed by atoms with van der Waals surface area (Å²) in [7, 11) is 1.18. The molecule has 8 nitrogen and oxygen atoms in total. The molecular weight excluding hydrogens is 278 g/mol. The number of carbonyl (C=O) groups is 2. The predicted octanol–water partition coefficient (Wildman–Crippen LogP) is 0.524. The van der Waals surface area contributed by atoms with Crippen molar-refractivity contribution >= 4 is 11.9 Å². The van der Waals surface area contributed by atoms with E-state index in [2.05, 4.69) is 14.8 Å². The first-order chi connectivity index (χ1) is 10.1. The average molecular weight is 291 g/mol. The van der Waals surface area contributed by atoms with E-state index in [-0.39, 0.29) is 17.7 Å². The van der Waals surface area contributed by atoms with Gasteiger partial charge < -0.3 is 14.5 Å². The van der Waals surface area contributed by atoms with Crippen LogP contribution in [0.2, 0.25) is 0 Å². The average Bonchev–Trinajstić information content (AvgIpc) is 2.97. The molecule has 0 aliphatic heterocycles. The Balaban J connectivity index is 2.37. The summed E-state index contributed by atoms with van der Waals surface area (Å²) in [5.41, 5.74) is -0.0419. The summed E-state index contributed by atoms with van der Waals surface area (Å²) >= 11 is 0. The zero-order chi connectivity index (χ0) is 15.4. The van der Waals surface area contributed by atoms with Gasteiger partial charge in [-0.25, -0.2) is 14.3 Å². The van der Waals surface area contributed by atoms with Crippen LogP contribution < -0.4 is 5.56 Å². The van der Waals surface area contributed by atoms with Crippen molar-refractivity contribution in [2.24, 2.45) is 0 Å². The Labute approximate surface area is 119 Å². The molecule has 0 aromatic carbocycles. The monoisotopic (exact) mass is 291 g/mol. The first-order valence-corrected chi connectivity index (χ1v) is 6.10. The lowest BCUT2D eigenvalue weighted by molar-refractivity contribution is 0.0525. The molecule has 0 aliphatic carbocycles. The minimum absolute atomic E-state index is 0.150. The normalized spacial score (nSPS) is 10.2. The third-order valence-corrected chi connectivity index (χ3v) is 2.65. The van der Waals surface area contributed by atoms with Crippen molar-refractivity contribution in [1.82, 2.24) is 14.8 Å². The molecule has 0 aliphatic rings. The first-order valence-electron chi connectivity index (χ1n) is 6.10. The van der Waals surface area contributed by atoms with E-state index in [0.717, 1.165) is 0 Å². The van der Waals surface area contributed by atoms with Gasteiger partial charge in [-0.3, -0.25) is 4.79 Å². The number of aromatic amines is 1. The Morgan fingerprint density at radius 1 is 1.38 bits per heavy atom. The molecule has 0 bridgehead atoms. The van der Waals surface area contributed by atoms with Crippen molar-refractivity contribution in [3.63, 3.8) is 0 Å². The number of H-pyrrole nitrogens is 1. The van der Waals surface area contributed by atoms with Crippen LogP contribution in [-0.4, -0.2) is 40.4 Å². The Morgan fingerprint density at radius 2 is 2.14 bits per heavy atom. The van der Waals surface area contributed by atoms with E-state index < -0.39 is 17.5 Å². The van der Waals surface area contributed by atoms with Crippen LogP contribution >= 0.6 is 0 Å². The molecule has 0 fully saturated rings. The van der Waals surface area contributed by atoms with Gasteiger partial charge in [0.2, 0.25) is 0 Å². The van der Waals surface area contributed by atoms with E-state index in [1.54, 1.807) is 6.92 Å². The molecule has 0 spiro atoms. The molecule has 0 unspecified atom stereocenters. The maximum Gasteiger partial charge on any atom is 0.343 e. The van der Waals surface area contributed by atoms with Gasteiger partial charge in [-0.1, -0.05) is 0 Å². The van der Waals surface area contributed by atoms with E-state index in [9.17, 15) is 14.4 Å². The molecule has 2 aromatic heterocycles. The van der Waals surface area contributed by atoms with E-state index in [1.165, 1.54) is 36.4 Å². The van der Waals surface area contributed by atoms with Gasteiger partial charge in [-0.05, 0) is 13.0 Å². The van der Waals surface area contributed by atoms with Gasteiger partial charge in [0, 0.05) is 12.4 Å². The lowest BCUT2D eigenvalue weighted by Crippen LogP contribution is -2.19. The summed E-state index contributed by atoms with van der Waals surface area (Å²) in [4.78, 5) is 37.0. The number of methoxy groups -OCH3 is 1. The van der Waals surface area contributed by atoms with Crippen LogP contribution in [0, 0.1) is 0 Å². The quantitative estimate of drug-likeness (QED) is 0.824. The fraction of sp³-hybridized carbons (Fsp3) is 0.231. The number of carbonyl (C=O) groups excluding carboxylic acids is 2. The van der Waals surface area contributed by atoms with E-state index in [0.29, 0.717) is 5.69 Å². The van der Waals surface area contributed by atoms with Crippen molar-refractivity contribution < 1.29 is 19.1 Å². The third-order valence-electron chi connectivity index (χ3n) is 2.65. The lowest BCUT2D eigenvalue weighted by Gasteiger charge is -2.03. The number of pyridine rings is 1. The molecule has 2 heterocycles. The standard InChI is InChI=1S/C13H13N3O5/c1-3-21-12(18)8-5-15-16(7-8)9-4-10(13(19)20-2)11(17)14-6-9/h4-7H,3H2,1-2H3,(H,14,17). The summed E-state index contributed by atoms with van der Waals surface area (Å²) in [6.45, 7) is 1.96. The number of nitrogens with one attached hydrogen (secondary N) is 1. The summed E-state index contributed by atoms with van der Waals surface area (Å²) in [6.07, 6.45) is 4.14. The van der Waals surface area contributed by atoms with Crippen molar-refractivity contribution in [3.8, 4) is 5.69 Å². The molecule has 0 radical (unpaired) electrons. The maximum absolute atomic E-state index is 11.6. The molecule has 0 saturated carbocycles. The minimum atomic E-state index is -0.754. The third kappa shape index (κ3) is 2.99. The molecular formula is C13H13N3O5. The van der Waals surface area contributed by atoms with Gasteiger partial charge >= 0.3 is 11.9 Å². The molecule has 0 amide bonds. The van der Waals surface area contributed by atoms with Gasteiger partial charge in [-0.2, -0.15) is 5.10 Å². The van der Waals surface area contributed by atoms with Crippen molar-refractivity contribution in [1.29, 1.82) is 0 Å². The highest BCUT2D eigenvalue weighted by Gasteiger charge is 2.14. The predicted molar refractivity (Wildman–Crippen MR) is 71.5 cm³/mol. The number of esters is 2. The Bertz CT molecular complexity index is 731. The zero-order valence-electron chi connectivity index (χ0n) is 11.5. The number of hydrogen-bond donors (Lipinski definition) is 1. The van der Waals surface area contributed by atoms with Gasteiger partial charge in [0.1, 0.15) is 5.56 Å². The summed E-state index contributed by atoms with van der Waals surface area (Å²) in [5, 5.41) is 3.99. The van der Waals surface area contributed by atoms with Gasteiger partial charge in [0.15, 0.2) is 0 Å². The van der Waals surface area contributed by atoms with Crippen LogP contribution in [0.3, 0.4) is 0 Å². The maximum atomic E-state index is 11.6. The highest BCUT2D eigenvalue weighted by molar-refractivity contribution is 5.90. The highest BCUT2D eigenvalue weighted by atomic mass is 16.5. The van der Waals surface area contributed by atoms with Crippen molar-refractivity contribution in [3.05, 3.63) is 46.1 Å². The van der Waals surface area contributed by atoms with Crippen LogP contribution in [-0.2, 0) is 9.47 Å². The largest absolute Gasteiger partial charge is 0.465 e. The van der Waals surface area contributed by atoms with Gasteiger partial charge in [0.05, 0.1) is 31.2 Å². The van der Waals surface area contributed by atoms with Crippen molar-refractivity contribution in [2.45, 2.75) is 6.92 Å². The second kappa shape index (κ2) is 6.04. The smallest absolute Gasteiger partial charge is 0.343 e. The Morgan fingerprint density at radius 3 is 2.81 bits per heavy atom. The highest BCUT2D eigenvalue weighted by Crippen LogP contribution is 2.09. The molecule has 0 atom stereocenters. The second-order valence-electron chi connectivity index (χ2n) is 3.99. The van der Waals surface area contributed by atoms with E-state index in [4.69, 9.17) is 4.74 Å². The number of ether oxygens (including phenoxy) is 2. The number of rotatable bonds is 4. The fourth-order valence-corrected chi connectivity index (χ4v) is 1.65. The topological polar surface area (TPSA) is 103 Å². The minimum Gasteiger partial charge on any atom is -0.465 e. The first kappa shape index (κ1) is 14.5. The molecule has 0 saturated heterocycles. The molecule has 1 N–H and O–H groups in total. The lowest BCUT2D eigenvalue weighted by atomic mass is 10.2. The van der Waals surface area contributed by atoms with Crippen LogP contribution in [0.25, 0.3) is 5.69 Å². The zero-order valence-corrected chi connectivity index (χ0v) is 11.5. The van der Waals surface area contributed by atoms with E-state index in [1.807, 2.05) is 0 Å². The molecule has 110 valence electrons. The summed E-state index contributed by atoms with van der Waals surface area (Å²) in [6, 6.07) is 1.33. The van der Waals surface area contributed by atoms with E-state index >= 15 is 0 Å². The Hall–Kier alpha value is -2.90. The fourth-order valence-electron chi connectivity index (χ4n) is 1.65. The number of hydrogen-bond acceptors (Lipinski definition) is 6. The molecule has 21 heavy (non-hydrogen) atoms. The van der Waals surface area contributed by atoms with Crippen LogP contribution in [0.4, 0.5) is 0 Å².